The second-order valence-corrected chi connectivity index (χ2v) is 8.77. The van der Waals surface area contributed by atoms with Crippen molar-refractivity contribution in [2.24, 2.45) is 0 Å². The van der Waals surface area contributed by atoms with Crippen molar-refractivity contribution in [1.82, 2.24) is 10.2 Å². The molecular formula is C26H33N3O7. The van der Waals surface area contributed by atoms with Gasteiger partial charge in [0.1, 0.15) is 17.5 Å². The van der Waals surface area contributed by atoms with Crippen LogP contribution in [-0.4, -0.2) is 54.5 Å². The monoisotopic (exact) mass is 499 g/mol. The van der Waals surface area contributed by atoms with Crippen LogP contribution in [0.4, 0.5) is 5.69 Å². The number of hydrogen-bond acceptors (Lipinski definition) is 7. The molecule has 1 aliphatic carbocycles. The van der Waals surface area contributed by atoms with Gasteiger partial charge in [-0.1, -0.05) is 31.4 Å². The number of rotatable bonds is 11. The van der Waals surface area contributed by atoms with Crippen molar-refractivity contribution in [3.8, 4) is 17.2 Å². The van der Waals surface area contributed by atoms with Gasteiger partial charge < -0.3 is 24.4 Å². The molecule has 1 saturated carbocycles. The Morgan fingerprint density at radius 1 is 1.06 bits per heavy atom. The fourth-order valence-electron chi connectivity index (χ4n) is 4.21. The summed E-state index contributed by atoms with van der Waals surface area (Å²) in [5.74, 6) is 0.361. The molecule has 2 aromatic carbocycles. The van der Waals surface area contributed by atoms with E-state index in [2.05, 4.69) is 5.32 Å². The average Bonchev–Trinajstić information content (AvgIpc) is 2.90. The fraction of sp³-hybridized carbons (Fsp3) is 0.462. The lowest BCUT2D eigenvalue weighted by atomic mass is 9.95. The summed E-state index contributed by atoms with van der Waals surface area (Å²) < 4.78 is 15.9. The number of amides is 2. The normalized spacial score (nSPS) is 14.4. The van der Waals surface area contributed by atoms with E-state index in [0.717, 1.165) is 31.2 Å². The van der Waals surface area contributed by atoms with Crippen molar-refractivity contribution < 1.29 is 28.7 Å². The van der Waals surface area contributed by atoms with Crippen molar-refractivity contribution in [3.05, 3.63) is 58.1 Å². The molecule has 10 heteroatoms. The lowest BCUT2D eigenvalue weighted by Crippen LogP contribution is -2.51. The first-order valence-corrected chi connectivity index (χ1v) is 12.0. The maximum Gasteiger partial charge on any atom is 0.311 e. The Labute approximate surface area is 210 Å². The molecule has 0 radical (unpaired) electrons. The Morgan fingerprint density at radius 2 is 1.72 bits per heavy atom. The second-order valence-electron chi connectivity index (χ2n) is 8.77. The molecule has 0 aliphatic heterocycles. The molecule has 2 aromatic rings. The van der Waals surface area contributed by atoms with Crippen LogP contribution in [0.3, 0.4) is 0 Å². The van der Waals surface area contributed by atoms with E-state index in [1.54, 1.807) is 26.2 Å². The van der Waals surface area contributed by atoms with E-state index in [9.17, 15) is 19.7 Å². The maximum atomic E-state index is 13.3. The summed E-state index contributed by atoms with van der Waals surface area (Å²) in [6.45, 7) is 1.56. The minimum Gasteiger partial charge on any atom is -0.497 e. The molecule has 1 fully saturated rings. The number of nitro groups is 1. The van der Waals surface area contributed by atoms with Gasteiger partial charge in [0, 0.05) is 24.7 Å². The van der Waals surface area contributed by atoms with Crippen molar-refractivity contribution in [2.45, 2.75) is 57.7 Å². The summed E-state index contributed by atoms with van der Waals surface area (Å²) in [6.07, 6.45) is 5.22. The van der Waals surface area contributed by atoms with Crippen LogP contribution in [0.1, 0.15) is 44.6 Å². The second kappa shape index (κ2) is 12.8. The van der Waals surface area contributed by atoms with Crippen LogP contribution in [0.25, 0.3) is 0 Å². The van der Waals surface area contributed by atoms with E-state index in [1.165, 1.54) is 36.6 Å². The number of nitro benzene ring substituents is 1. The highest BCUT2D eigenvalue weighted by atomic mass is 16.6. The molecule has 1 unspecified atom stereocenters. The highest BCUT2D eigenvalue weighted by Gasteiger charge is 2.28. The van der Waals surface area contributed by atoms with Gasteiger partial charge >= 0.3 is 5.69 Å². The largest absolute Gasteiger partial charge is 0.497 e. The number of carbonyl (C=O) groups is 2. The van der Waals surface area contributed by atoms with Crippen LogP contribution >= 0.6 is 0 Å². The van der Waals surface area contributed by atoms with Crippen molar-refractivity contribution >= 4 is 17.5 Å². The highest BCUT2D eigenvalue weighted by Crippen LogP contribution is 2.30. The Kier molecular flexibility index (Phi) is 9.49. The molecule has 10 nitrogen and oxygen atoms in total. The zero-order chi connectivity index (χ0) is 26.1. The summed E-state index contributed by atoms with van der Waals surface area (Å²) in [5.41, 5.74) is 0.629. The first-order chi connectivity index (χ1) is 17.3. The number of benzene rings is 2. The average molecular weight is 500 g/mol. The minimum atomic E-state index is -0.725. The van der Waals surface area contributed by atoms with E-state index in [4.69, 9.17) is 14.2 Å². The van der Waals surface area contributed by atoms with Gasteiger partial charge in [0.05, 0.1) is 19.1 Å². The van der Waals surface area contributed by atoms with Crippen molar-refractivity contribution in [2.75, 3.05) is 20.8 Å². The van der Waals surface area contributed by atoms with Gasteiger partial charge in [0.2, 0.25) is 11.7 Å². The van der Waals surface area contributed by atoms with Crippen LogP contribution in [0, 0.1) is 10.1 Å². The third kappa shape index (κ3) is 7.10. The lowest BCUT2D eigenvalue weighted by Gasteiger charge is -2.31. The quantitative estimate of drug-likeness (QED) is 0.368. The molecule has 3 rings (SSSR count). The first kappa shape index (κ1) is 26.8. The maximum absolute atomic E-state index is 13.3. The molecule has 1 aliphatic rings. The smallest absolute Gasteiger partial charge is 0.311 e. The summed E-state index contributed by atoms with van der Waals surface area (Å²) in [7, 11) is 2.90. The molecule has 1 atom stereocenters. The summed E-state index contributed by atoms with van der Waals surface area (Å²) in [5, 5.41) is 14.2. The van der Waals surface area contributed by atoms with Crippen molar-refractivity contribution in [3.63, 3.8) is 0 Å². The zero-order valence-electron chi connectivity index (χ0n) is 20.9. The molecule has 194 valence electrons. The Hall–Kier alpha value is -3.82. The Morgan fingerprint density at radius 3 is 2.33 bits per heavy atom. The van der Waals surface area contributed by atoms with Gasteiger partial charge in [0.25, 0.3) is 5.91 Å². The van der Waals surface area contributed by atoms with Gasteiger partial charge in [-0.05, 0) is 43.5 Å². The summed E-state index contributed by atoms with van der Waals surface area (Å²) >= 11 is 0. The third-order valence-electron chi connectivity index (χ3n) is 6.34. The van der Waals surface area contributed by atoms with Gasteiger partial charge in [-0.25, -0.2) is 0 Å². The number of nitrogens with one attached hydrogen (secondary N) is 1. The first-order valence-electron chi connectivity index (χ1n) is 12.0. The topological polar surface area (TPSA) is 120 Å². The molecule has 2 amide bonds. The lowest BCUT2D eigenvalue weighted by molar-refractivity contribution is -0.385. The van der Waals surface area contributed by atoms with Crippen LogP contribution in [0.5, 0.6) is 17.2 Å². The van der Waals surface area contributed by atoms with E-state index >= 15 is 0 Å². The van der Waals surface area contributed by atoms with Gasteiger partial charge in [-0.2, -0.15) is 0 Å². The standard InChI is InChI=1S/C26H33N3O7/c1-18(26(31)27-20-7-5-4-6-8-20)28(16-19-9-11-21(34-2)12-10-19)25(30)17-36-22-13-14-23(29(32)33)24(15-22)35-3/h9-15,18,20H,4-8,16-17H2,1-3H3,(H,27,31). The molecule has 0 spiro atoms. The zero-order valence-corrected chi connectivity index (χ0v) is 20.9. The van der Waals surface area contributed by atoms with Gasteiger partial charge in [0.15, 0.2) is 6.61 Å². The van der Waals surface area contributed by atoms with E-state index in [1.807, 2.05) is 12.1 Å². The summed E-state index contributed by atoms with van der Waals surface area (Å²) in [6, 6.07) is 10.7. The highest BCUT2D eigenvalue weighted by molar-refractivity contribution is 5.88. The van der Waals surface area contributed by atoms with Gasteiger partial charge in [-0.15, -0.1) is 0 Å². The van der Waals surface area contributed by atoms with Crippen LogP contribution in [0.15, 0.2) is 42.5 Å². The molecule has 0 aromatic heterocycles. The number of ether oxygens (including phenoxy) is 3. The Balaban J connectivity index is 1.73. The molecule has 36 heavy (non-hydrogen) atoms. The SMILES string of the molecule is COc1ccc(CN(C(=O)COc2ccc([N+](=O)[O-])c(OC)c2)C(C)C(=O)NC2CCCCC2)cc1. The number of carbonyl (C=O) groups excluding carboxylic acids is 2. The van der Waals surface area contributed by atoms with E-state index in [-0.39, 0.29) is 42.3 Å². The predicted molar refractivity (Wildman–Crippen MR) is 133 cm³/mol. The van der Waals surface area contributed by atoms with Crippen LogP contribution in [-0.2, 0) is 16.1 Å². The van der Waals surface area contributed by atoms with E-state index < -0.39 is 16.9 Å². The molecule has 0 bridgehead atoms. The van der Waals surface area contributed by atoms with Crippen LogP contribution in [0.2, 0.25) is 0 Å². The van der Waals surface area contributed by atoms with E-state index in [0.29, 0.717) is 5.75 Å². The minimum absolute atomic E-state index is 0.0280. The fourth-order valence-corrected chi connectivity index (χ4v) is 4.21. The Bertz CT molecular complexity index is 1050. The third-order valence-corrected chi connectivity index (χ3v) is 6.34. The molecular weight excluding hydrogens is 466 g/mol. The molecule has 0 saturated heterocycles. The predicted octanol–water partition coefficient (Wildman–Crippen LogP) is 3.86. The summed E-state index contributed by atoms with van der Waals surface area (Å²) in [4.78, 5) is 38.4. The van der Waals surface area contributed by atoms with Crippen LogP contribution < -0.4 is 19.5 Å². The van der Waals surface area contributed by atoms with Gasteiger partial charge in [-0.3, -0.25) is 19.7 Å². The number of hydrogen-bond donors (Lipinski definition) is 1. The number of nitrogens with zero attached hydrogens (tertiary/aromatic N) is 2. The molecule has 1 N–H and O–H groups in total. The molecule has 0 heterocycles. The van der Waals surface area contributed by atoms with Crippen molar-refractivity contribution in [1.29, 1.82) is 0 Å². The number of methoxy groups -OCH3 is 2.